The number of amides is 2. The predicted molar refractivity (Wildman–Crippen MR) is 101 cm³/mol. The Balaban J connectivity index is 1.74. The zero-order valence-corrected chi connectivity index (χ0v) is 14.1. The van der Waals surface area contributed by atoms with E-state index in [1.807, 2.05) is 43.3 Å². The van der Waals surface area contributed by atoms with E-state index in [-0.39, 0.29) is 11.8 Å². The number of rotatable bonds is 2. The lowest BCUT2D eigenvalue weighted by molar-refractivity contribution is 0.0953. The first kappa shape index (κ1) is 14.8. The van der Waals surface area contributed by atoms with Crippen molar-refractivity contribution in [2.45, 2.75) is 6.92 Å². The number of hydrogen-bond donors (Lipinski definition) is 1. The molecule has 1 N–H and O–H groups in total. The first-order valence-electron chi connectivity index (χ1n) is 8.56. The van der Waals surface area contributed by atoms with Gasteiger partial charge in [-0.15, -0.1) is 0 Å². The van der Waals surface area contributed by atoms with Gasteiger partial charge in [-0.3, -0.25) is 14.5 Å². The smallest absolute Gasteiger partial charge is 0.264 e. The van der Waals surface area contributed by atoms with E-state index in [0.29, 0.717) is 29.1 Å². The van der Waals surface area contributed by atoms with Crippen LogP contribution in [0.5, 0.6) is 0 Å². The fourth-order valence-electron chi connectivity index (χ4n) is 3.69. The summed E-state index contributed by atoms with van der Waals surface area (Å²) in [5.41, 5.74) is 3.48. The first-order valence-corrected chi connectivity index (χ1v) is 8.56. The minimum absolute atomic E-state index is 0.108. The first-order chi connectivity index (χ1) is 12.7. The molecule has 0 bridgehead atoms. The molecule has 0 fully saturated rings. The molecule has 0 spiro atoms. The lowest BCUT2D eigenvalue weighted by atomic mass is 10.0. The van der Waals surface area contributed by atoms with Crippen LogP contribution < -0.4 is 10.2 Å². The molecule has 5 heteroatoms. The van der Waals surface area contributed by atoms with E-state index >= 15 is 0 Å². The molecule has 126 valence electrons. The number of carbonyl (C=O) groups is 2. The summed E-state index contributed by atoms with van der Waals surface area (Å²) in [5, 5.41) is 4.82. The fraction of sp³-hybridized carbons (Fsp3) is 0.0952. The Morgan fingerprint density at radius 3 is 2.69 bits per heavy atom. The number of carbonyl (C=O) groups excluding carboxylic acids is 2. The van der Waals surface area contributed by atoms with Crippen molar-refractivity contribution < 1.29 is 9.59 Å². The highest BCUT2D eigenvalue weighted by Crippen LogP contribution is 2.43. The highest BCUT2D eigenvalue weighted by Gasteiger charge is 2.38. The second kappa shape index (κ2) is 5.26. The third-order valence-electron chi connectivity index (χ3n) is 4.83. The number of fused-ring (bicyclic) bond motifs is 4. The van der Waals surface area contributed by atoms with Gasteiger partial charge in [0.15, 0.2) is 0 Å². The molecular weight excluding hydrogens is 326 g/mol. The van der Waals surface area contributed by atoms with E-state index in [2.05, 4.69) is 5.32 Å². The monoisotopic (exact) mass is 341 g/mol. The van der Waals surface area contributed by atoms with Crippen molar-refractivity contribution in [1.82, 2.24) is 5.32 Å². The van der Waals surface area contributed by atoms with Crippen molar-refractivity contribution in [3.05, 3.63) is 71.3 Å². The largest absolute Gasteiger partial charge is 0.352 e. The molecule has 0 radical (unpaired) electrons. The fourth-order valence-corrected chi connectivity index (χ4v) is 3.69. The van der Waals surface area contributed by atoms with Gasteiger partial charge in [0, 0.05) is 23.1 Å². The van der Waals surface area contributed by atoms with E-state index in [9.17, 15) is 9.59 Å². The highest BCUT2D eigenvalue weighted by molar-refractivity contribution is 6.40. The molecule has 5 rings (SSSR count). The predicted octanol–water partition coefficient (Wildman–Crippen LogP) is 3.64. The summed E-state index contributed by atoms with van der Waals surface area (Å²) in [7, 11) is 0. The van der Waals surface area contributed by atoms with Gasteiger partial charge in [0.05, 0.1) is 16.9 Å². The number of nitrogens with zero attached hydrogens (tertiary/aromatic N) is 2. The molecule has 0 atom stereocenters. The summed E-state index contributed by atoms with van der Waals surface area (Å²) in [4.78, 5) is 31.6. The molecular formula is C21H15N3O2. The molecule has 0 saturated heterocycles. The van der Waals surface area contributed by atoms with Crippen molar-refractivity contribution in [2.24, 2.45) is 4.99 Å². The average molecular weight is 341 g/mol. The van der Waals surface area contributed by atoms with Gasteiger partial charge in [-0.05, 0) is 42.6 Å². The Morgan fingerprint density at radius 2 is 1.88 bits per heavy atom. The average Bonchev–Trinajstić information content (AvgIpc) is 2.94. The van der Waals surface area contributed by atoms with Crippen LogP contribution in [0.1, 0.15) is 33.2 Å². The zero-order valence-electron chi connectivity index (χ0n) is 14.1. The van der Waals surface area contributed by atoms with Gasteiger partial charge in [0.25, 0.3) is 11.8 Å². The SMILES string of the molecule is CCNC(=O)c1ccc2c(c1)C1=Nc3cccc4cccc(c34)N1C2=O. The van der Waals surface area contributed by atoms with E-state index in [4.69, 9.17) is 4.99 Å². The van der Waals surface area contributed by atoms with E-state index in [1.54, 1.807) is 23.1 Å². The van der Waals surface area contributed by atoms with Gasteiger partial charge >= 0.3 is 0 Å². The van der Waals surface area contributed by atoms with Crippen LogP contribution in [0.15, 0.2) is 59.6 Å². The molecule has 3 aromatic rings. The Hall–Kier alpha value is -3.47. The Kier molecular flexibility index (Phi) is 3.00. The molecule has 5 nitrogen and oxygen atoms in total. The molecule has 2 aliphatic heterocycles. The quantitative estimate of drug-likeness (QED) is 0.773. The molecule has 0 saturated carbocycles. The second-order valence-corrected chi connectivity index (χ2v) is 6.35. The number of amidine groups is 1. The molecule has 2 heterocycles. The van der Waals surface area contributed by atoms with Crippen molar-refractivity contribution in [3.8, 4) is 0 Å². The summed E-state index contributed by atoms with van der Waals surface area (Å²) in [6.45, 7) is 2.43. The number of nitrogens with one attached hydrogen (secondary N) is 1. The minimum Gasteiger partial charge on any atom is -0.352 e. The van der Waals surface area contributed by atoms with Crippen molar-refractivity contribution in [3.63, 3.8) is 0 Å². The lowest BCUT2D eigenvalue weighted by Gasteiger charge is -2.24. The summed E-state index contributed by atoms with van der Waals surface area (Å²) in [6.07, 6.45) is 0. The molecule has 2 amide bonds. The molecule has 26 heavy (non-hydrogen) atoms. The topological polar surface area (TPSA) is 61.8 Å². The molecule has 0 aliphatic carbocycles. The van der Waals surface area contributed by atoms with Crippen molar-refractivity contribution in [1.29, 1.82) is 0 Å². The van der Waals surface area contributed by atoms with Crippen molar-refractivity contribution in [2.75, 3.05) is 11.4 Å². The molecule has 2 aliphatic rings. The van der Waals surface area contributed by atoms with Crippen LogP contribution in [-0.2, 0) is 0 Å². The maximum Gasteiger partial charge on any atom is 0.264 e. The number of benzene rings is 3. The van der Waals surface area contributed by atoms with E-state index in [1.165, 1.54) is 0 Å². The Morgan fingerprint density at radius 1 is 1.08 bits per heavy atom. The van der Waals surface area contributed by atoms with Gasteiger partial charge in [-0.2, -0.15) is 0 Å². The van der Waals surface area contributed by atoms with Crippen LogP contribution >= 0.6 is 0 Å². The molecule has 3 aromatic carbocycles. The zero-order chi connectivity index (χ0) is 17.8. The highest BCUT2D eigenvalue weighted by atomic mass is 16.2. The maximum absolute atomic E-state index is 13.0. The summed E-state index contributed by atoms with van der Waals surface area (Å²) in [6, 6.07) is 17.0. The molecule has 0 unspecified atom stereocenters. The van der Waals surface area contributed by atoms with Gasteiger partial charge in [-0.25, -0.2) is 4.99 Å². The number of hydrogen-bond acceptors (Lipinski definition) is 3. The van der Waals surface area contributed by atoms with Gasteiger partial charge < -0.3 is 5.32 Å². The minimum atomic E-state index is -0.153. The van der Waals surface area contributed by atoms with Crippen LogP contribution in [0.2, 0.25) is 0 Å². The second-order valence-electron chi connectivity index (χ2n) is 6.35. The summed E-state index contributed by atoms with van der Waals surface area (Å²) >= 11 is 0. The van der Waals surface area contributed by atoms with Crippen LogP contribution in [-0.4, -0.2) is 24.2 Å². The Bertz CT molecular complexity index is 1140. The number of anilines is 1. The van der Waals surface area contributed by atoms with Gasteiger partial charge in [0.1, 0.15) is 5.84 Å². The van der Waals surface area contributed by atoms with Crippen LogP contribution in [0.3, 0.4) is 0 Å². The van der Waals surface area contributed by atoms with E-state index < -0.39 is 0 Å². The third kappa shape index (κ3) is 1.88. The molecule has 0 aromatic heterocycles. The summed E-state index contributed by atoms with van der Waals surface area (Å²) < 4.78 is 0. The van der Waals surface area contributed by atoms with Crippen molar-refractivity contribution >= 4 is 39.8 Å². The maximum atomic E-state index is 13.0. The van der Waals surface area contributed by atoms with Crippen LogP contribution in [0, 0.1) is 0 Å². The van der Waals surface area contributed by atoms with Gasteiger partial charge in [-0.1, -0.05) is 24.3 Å². The van der Waals surface area contributed by atoms with E-state index in [0.717, 1.165) is 22.1 Å². The normalized spacial score (nSPS) is 14.1. The number of aliphatic imine (C=N–C) groups is 1. The van der Waals surface area contributed by atoms with Crippen LogP contribution in [0.4, 0.5) is 11.4 Å². The third-order valence-corrected chi connectivity index (χ3v) is 4.83. The standard InChI is InChI=1S/C21H15N3O2/c1-2-22-20(25)13-9-10-14-15(11-13)19-23-16-7-3-5-12-6-4-8-17(18(12)16)24(19)21(14)26/h3-11H,2H2,1H3,(H,22,25). The van der Waals surface area contributed by atoms with Gasteiger partial charge in [0.2, 0.25) is 0 Å². The Labute approximate surface area is 150 Å². The lowest BCUT2D eigenvalue weighted by Crippen LogP contribution is -2.31. The van der Waals surface area contributed by atoms with Crippen LogP contribution in [0.25, 0.3) is 10.8 Å². The summed E-state index contributed by atoms with van der Waals surface area (Å²) in [5.74, 6) is 0.325.